The third kappa shape index (κ3) is 2.08. The van der Waals surface area contributed by atoms with Gasteiger partial charge in [-0.3, -0.25) is 0 Å². The van der Waals surface area contributed by atoms with E-state index in [1.807, 2.05) is 6.07 Å². The first-order valence-corrected chi connectivity index (χ1v) is 6.66. The zero-order chi connectivity index (χ0) is 10.1. The first-order chi connectivity index (χ1) is 6.66. The van der Waals surface area contributed by atoms with E-state index in [1.165, 1.54) is 14.6 Å². The molecule has 0 spiro atoms. The second kappa shape index (κ2) is 4.14. The molecule has 0 radical (unpaired) electrons. The van der Waals surface area contributed by atoms with Crippen molar-refractivity contribution < 1.29 is 0 Å². The van der Waals surface area contributed by atoms with Crippen LogP contribution in [0.2, 0.25) is 0 Å². The van der Waals surface area contributed by atoms with Crippen molar-refractivity contribution in [1.82, 2.24) is 0 Å². The van der Waals surface area contributed by atoms with Gasteiger partial charge in [-0.15, -0.1) is 22.7 Å². The van der Waals surface area contributed by atoms with Crippen molar-refractivity contribution >= 4 is 38.6 Å². The molecule has 0 fully saturated rings. The minimum Gasteiger partial charge on any atom is -0.319 e. The molecule has 2 aromatic heterocycles. The van der Waals surface area contributed by atoms with E-state index in [9.17, 15) is 0 Å². The predicted molar refractivity (Wildman–Crippen MR) is 67.1 cm³/mol. The second-order valence-electron chi connectivity index (χ2n) is 3.07. The Morgan fingerprint density at radius 3 is 2.29 bits per heavy atom. The largest absolute Gasteiger partial charge is 0.319 e. The van der Waals surface area contributed by atoms with Gasteiger partial charge in [0, 0.05) is 14.6 Å². The predicted octanol–water partition coefficient (Wildman–Crippen LogP) is 3.93. The maximum Gasteiger partial charge on any atom is 0.0740 e. The maximum absolute atomic E-state index is 6.14. The van der Waals surface area contributed by atoms with Crippen LogP contribution in [0.15, 0.2) is 28.1 Å². The lowest BCUT2D eigenvalue weighted by atomic mass is 10.2. The highest BCUT2D eigenvalue weighted by Gasteiger charge is 2.12. The molecule has 0 bridgehead atoms. The third-order valence-electron chi connectivity index (χ3n) is 1.97. The summed E-state index contributed by atoms with van der Waals surface area (Å²) in [7, 11) is 0. The van der Waals surface area contributed by atoms with Gasteiger partial charge >= 0.3 is 0 Å². The number of aryl methyl sites for hydroxylation is 1. The Hall–Kier alpha value is -0.160. The monoisotopic (exact) mass is 287 g/mol. The average Bonchev–Trinajstić information content (AvgIpc) is 2.73. The van der Waals surface area contributed by atoms with E-state index in [0.717, 1.165) is 3.79 Å². The summed E-state index contributed by atoms with van der Waals surface area (Å²) in [6, 6.07) is 8.38. The first kappa shape index (κ1) is 10.4. The van der Waals surface area contributed by atoms with Crippen LogP contribution in [0.25, 0.3) is 0 Å². The van der Waals surface area contributed by atoms with Crippen molar-refractivity contribution in [3.8, 4) is 0 Å². The molecule has 0 saturated carbocycles. The van der Waals surface area contributed by atoms with E-state index in [2.05, 4.69) is 41.1 Å². The van der Waals surface area contributed by atoms with Gasteiger partial charge < -0.3 is 5.73 Å². The van der Waals surface area contributed by atoms with Gasteiger partial charge in [0.05, 0.1) is 9.83 Å². The fourth-order valence-corrected chi connectivity index (χ4v) is 3.67. The summed E-state index contributed by atoms with van der Waals surface area (Å²) in [5, 5.41) is 0. The molecule has 1 nitrogen and oxygen atoms in total. The van der Waals surface area contributed by atoms with Crippen LogP contribution in [0.1, 0.15) is 20.7 Å². The number of rotatable bonds is 2. The molecule has 2 heterocycles. The van der Waals surface area contributed by atoms with Gasteiger partial charge in [-0.25, -0.2) is 0 Å². The summed E-state index contributed by atoms with van der Waals surface area (Å²) in [5.74, 6) is 0. The molecule has 4 heteroatoms. The fraction of sp³-hybridized carbons (Fsp3) is 0.200. The van der Waals surface area contributed by atoms with Crippen LogP contribution in [0.3, 0.4) is 0 Å². The lowest BCUT2D eigenvalue weighted by molar-refractivity contribution is 0.917. The summed E-state index contributed by atoms with van der Waals surface area (Å²) >= 11 is 6.91. The standard InChI is InChI=1S/C10H10BrNS2/c1-6-2-3-7(13-6)10(12)8-4-5-9(11)14-8/h2-5,10H,12H2,1H3. The molecule has 0 aliphatic carbocycles. The zero-order valence-corrected chi connectivity index (χ0v) is 10.9. The van der Waals surface area contributed by atoms with Crippen LogP contribution in [-0.2, 0) is 0 Å². The van der Waals surface area contributed by atoms with Gasteiger partial charge in [0.15, 0.2) is 0 Å². The van der Waals surface area contributed by atoms with E-state index in [1.54, 1.807) is 22.7 Å². The maximum atomic E-state index is 6.14. The quantitative estimate of drug-likeness (QED) is 0.890. The lowest BCUT2D eigenvalue weighted by Gasteiger charge is -2.05. The van der Waals surface area contributed by atoms with Crippen molar-refractivity contribution in [3.05, 3.63) is 42.7 Å². The summed E-state index contributed by atoms with van der Waals surface area (Å²) in [5.41, 5.74) is 6.14. The smallest absolute Gasteiger partial charge is 0.0740 e. The number of nitrogens with two attached hydrogens (primary N) is 1. The van der Waals surface area contributed by atoms with Crippen molar-refractivity contribution in [2.24, 2.45) is 5.73 Å². The van der Waals surface area contributed by atoms with E-state index >= 15 is 0 Å². The van der Waals surface area contributed by atoms with Crippen molar-refractivity contribution in [3.63, 3.8) is 0 Å². The molecule has 2 aromatic rings. The Balaban J connectivity index is 2.28. The summed E-state index contributed by atoms with van der Waals surface area (Å²) in [6.07, 6.45) is 0. The highest BCUT2D eigenvalue weighted by atomic mass is 79.9. The minimum absolute atomic E-state index is 0.0324. The molecule has 1 unspecified atom stereocenters. The normalized spacial score (nSPS) is 13.1. The van der Waals surface area contributed by atoms with Crippen LogP contribution in [0.4, 0.5) is 0 Å². The minimum atomic E-state index is 0.0324. The molecule has 0 saturated heterocycles. The third-order valence-corrected chi connectivity index (χ3v) is 4.76. The molecule has 1 atom stereocenters. The van der Waals surface area contributed by atoms with Crippen LogP contribution in [0, 0.1) is 6.92 Å². The Kier molecular flexibility index (Phi) is 3.07. The van der Waals surface area contributed by atoms with E-state index in [4.69, 9.17) is 5.73 Å². The van der Waals surface area contributed by atoms with E-state index in [0.29, 0.717) is 0 Å². The van der Waals surface area contributed by atoms with Gasteiger partial charge in [0.2, 0.25) is 0 Å². The molecule has 0 amide bonds. The number of hydrogen-bond donors (Lipinski definition) is 1. The number of thiophene rings is 2. The van der Waals surface area contributed by atoms with Gasteiger partial charge in [-0.2, -0.15) is 0 Å². The van der Waals surface area contributed by atoms with E-state index in [-0.39, 0.29) is 6.04 Å². The average molecular weight is 288 g/mol. The zero-order valence-electron chi connectivity index (χ0n) is 7.66. The summed E-state index contributed by atoms with van der Waals surface area (Å²) in [6.45, 7) is 2.10. The molecular weight excluding hydrogens is 278 g/mol. The fourth-order valence-electron chi connectivity index (χ4n) is 1.26. The molecule has 74 valence electrons. The molecular formula is C10H10BrNS2. The summed E-state index contributed by atoms with van der Waals surface area (Å²) < 4.78 is 1.14. The van der Waals surface area contributed by atoms with Crippen molar-refractivity contribution in [2.45, 2.75) is 13.0 Å². The summed E-state index contributed by atoms with van der Waals surface area (Å²) in [4.78, 5) is 3.75. The Morgan fingerprint density at radius 2 is 1.79 bits per heavy atom. The Labute approximate surface area is 99.7 Å². The van der Waals surface area contributed by atoms with Gasteiger partial charge in [0.1, 0.15) is 0 Å². The molecule has 2 rings (SSSR count). The topological polar surface area (TPSA) is 26.0 Å². The number of hydrogen-bond acceptors (Lipinski definition) is 3. The first-order valence-electron chi connectivity index (χ1n) is 4.24. The van der Waals surface area contributed by atoms with E-state index < -0.39 is 0 Å². The number of halogens is 1. The van der Waals surface area contributed by atoms with Crippen LogP contribution >= 0.6 is 38.6 Å². The van der Waals surface area contributed by atoms with Crippen LogP contribution in [-0.4, -0.2) is 0 Å². The molecule has 0 aliphatic rings. The molecule has 0 aliphatic heterocycles. The molecule has 2 N–H and O–H groups in total. The molecule has 0 aromatic carbocycles. The lowest BCUT2D eigenvalue weighted by Crippen LogP contribution is -2.07. The molecule has 14 heavy (non-hydrogen) atoms. The highest BCUT2D eigenvalue weighted by Crippen LogP contribution is 2.32. The van der Waals surface area contributed by atoms with Crippen LogP contribution < -0.4 is 5.73 Å². The second-order valence-corrected chi connectivity index (χ2v) is 6.88. The van der Waals surface area contributed by atoms with Crippen LogP contribution in [0.5, 0.6) is 0 Å². The Morgan fingerprint density at radius 1 is 1.14 bits per heavy atom. The van der Waals surface area contributed by atoms with Gasteiger partial charge in [-0.1, -0.05) is 0 Å². The Bertz CT molecular complexity index is 393. The SMILES string of the molecule is Cc1ccc(C(N)c2ccc(Br)s2)s1. The van der Waals surface area contributed by atoms with Gasteiger partial charge in [-0.05, 0) is 47.1 Å². The van der Waals surface area contributed by atoms with Crippen molar-refractivity contribution in [2.75, 3.05) is 0 Å². The van der Waals surface area contributed by atoms with Gasteiger partial charge in [0.25, 0.3) is 0 Å². The highest BCUT2D eigenvalue weighted by molar-refractivity contribution is 9.11. The van der Waals surface area contributed by atoms with Crippen molar-refractivity contribution in [1.29, 1.82) is 0 Å².